The lowest BCUT2D eigenvalue weighted by atomic mass is 9.86. The van der Waals surface area contributed by atoms with Crippen molar-refractivity contribution in [2.45, 2.75) is 45.2 Å². The van der Waals surface area contributed by atoms with Gasteiger partial charge in [-0.15, -0.1) is 0 Å². The summed E-state index contributed by atoms with van der Waals surface area (Å²) in [6.45, 7) is 4.99. The highest BCUT2D eigenvalue weighted by Gasteiger charge is 2.47. The smallest absolute Gasteiger partial charge is 0.246 e. The van der Waals surface area contributed by atoms with Gasteiger partial charge in [-0.1, -0.05) is 62.4 Å². The number of aromatic nitrogens is 1. The number of carbonyl (C=O) groups excluding carboxylic acids is 2. The Morgan fingerprint density at radius 3 is 2.55 bits per heavy atom. The number of fused-ring (bicyclic) bond motifs is 4. The largest absolute Gasteiger partial charge is 0.356 e. The van der Waals surface area contributed by atoms with Crippen LogP contribution in [0.1, 0.15) is 43.1 Å². The van der Waals surface area contributed by atoms with Crippen molar-refractivity contribution < 1.29 is 9.59 Å². The number of amides is 2. The second kappa shape index (κ2) is 7.88. The summed E-state index contributed by atoms with van der Waals surface area (Å²) >= 11 is 0. The fraction of sp³-hybridized carbons (Fsp3) is 0.385. The molecule has 0 bridgehead atoms. The number of nitrogens with zero attached hydrogens (tertiary/aromatic N) is 2. The van der Waals surface area contributed by atoms with Crippen molar-refractivity contribution in [1.29, 1.82) is 0 Å². The van der Waals surface area contributed by atoms with Crippen LogP contribution in [0.2, 0.25) is 0 Å². The maximum atomic E-state index is 13.5. The number of aromatic amines is 1. The Morgan fingerprint density at radius 2 is 1.77 bits per heavy atom. The minimum Gasteiger partial charge on any atom is -0.356 e. The van der Waals surface area contributed by atoms with E-state index >= 15 is 0 Å². The molecular formula is C26H29N3O2. The van der Waals surface area contributed by atoms with E-state index in [0.717, 1.165) is 24.1 Å². The molecule has 2 aliphatic rings. The normalized spacial score (nSPS) is 21.0. The highest BCUT2D eigenvalue weighted by molar-refractivity contribution is 5.97. The number of carbonyl (C=O) groups is 2. The van der Waals surface area contributed by atoms with Crippen molar-refractivity contribution in [1.82, 2.24) is 14.8 Å². The Hall–Kier alpha value is -3.08. The number of para-hydroxylation sites is 1. The number of aryl methyl sites for hydroxylation is 1. The molecule has 5 rings (SSSR count). The zero-order valence-electron chi connectivity index (χ0n) is 18.2. The average Bonchev–Trinajstić information content (AvgIpc) is 3.14. The fourth-order valence-electron chi connectivity index (χ4n) is 5.29. The predicted octanol–water partition coefficient (Wildman–Crippen LogP) is 4.09. The number of hydrogen-bond acceptors (Lipinski definition) is 2. The second-order valence-electron chi connectivity index (χ2n) is 9.24. The molecule has 0 unspecified atom stereocenters. The third-order valence-electron chi connectivity index (χ3n) is 6.59. The summed E-state index contributed by atoms with van der Waals surface area (Å²) in [7, 11) is 0. The van der Waals surface area contributed by atoms with Gasteiger partial charge in [-0.2, -0.15) is 0 Å². The number of benzene rings is 2. The molecule has 1 saturated heterocycles. The quantitative estimate of drug-likeness (QED) is 0.682. The molecule has 3 aromatic rings. The highest BCUT2D eigenvalue weighted by Crippen LogP contribution is 2.41. The molecule has 5 heteroatoms. The highest BCUT2D eigenvalue weighted by atomic mass is 16.2. The molecule has 160 valence electrons. The Balaban J connectivity index is 1.55. The minimum absolute atomic E-state index is 0.0626. The van der Waals surface area contributed by atoms with Gasteiger partial charge in [-0.25, -0.2) is 0 Å². The van der Waals surface area contributed by atoms with Gasteiger partial charge in [-0.3, -0.25) is 9.59 Å². The molecule has 2 aromatic carbocycles. The molecule has 2 atom stereocenters. The van der Waals surface area contributed by atoms with Gasteiger partial charge in [0.1, 0.15) is 6.04 Å². The Morgan fingerprint density at radius 1 is 1.03 bits per heavy atom. The topological polar surface area (TPSA) is 56.4 Å². The van der Waals surface area contributed by atoms with Crippen molar-refractivity contribution in [3.8, 4) is 0 Å². The monoisotopic (exact) mass is 415 g/mol. The van der Waals surface area contributed by atoms with E-state index in [1.54, 1.807) is 4.90 Å². The van der Waals surface area contributed by atoms with Crippen molar-refractivity contribution in [3.63, 3.8) is 0 Å². The Kier molecular flexibility index (Phi) is 5.05. The molecule has 1 fully saturated rings. The van der Waals surface area contributed by atoms with Crippen LogP contribution in [-0.2, 0) is 22.4 Å². The fourth-order valence-corrected chi connectivity index (χ4v) is 5.29. The van der Waals surface area contributed by atoms with Gasteiger partial charge >= 0.3 is 0 Å². The number of nitrogens with one attached hydrogen (secondary N) is 1. The summed E-state index contributed by atoms with van der Waals surface area (Å²) in [4.78, 5) is 34.0. The van der Waals surface area contributed by atoms with E-state index in [0.29, 0.717) is 18.9 Å². The van der Waals surface area contributed by atoms with Crippen molar-refractivity contribution in [2.24, 2.45) is 5.92 Å². The van der Waals surface area contributed by atoms with Crippen LogP contribution in [0, 0.1) is 5.92 Å². The molecule has 31 heavy (non-hydrogen) atoms. The summed E-state index contributed by atoms with van der Waals surface area (Å²) in [6.07, 6.45) is 2.24. The number of rotatable bonds is 5. The molecule has 1 N–H and O–H groups in total. The van der Waals surface area contributed by atoms with Gasteiger partial charge in [0, 0.05) is 29.6 Å². The predicted molar refractivity (Wildman–Crippen MR) is 122 cm³/mol. The van der Waals surface area contributed by atoms with E-state index in [1.165, 1.54) is 16.5 Å². The van der Waals surface area contributed by atoms with Gasteiger partial charge in [0.15, 0.2) is 0 Å². The molecule has 0 spiro atoms. The third-order valence-corrected chi connectivity index (χ3v) is 6.59. The zero-order chi connectivity index (χ0) is 21.5. The summed E-state index contributed by atoms with van der Waals surface area (Å²) in [5, 5.41) is 1.17. The number of piperazine rings is 1. The lowest BCUT2D eigenvalue weighted by Crippen LogP contribution is -2.63. The molecule has 1 aromatic heterocycles. The maximum Gasteiger partial charge on any atom is 0.246 e. The molecule has 5 nitrogen and oxygen atoms in total. The van der Waals surface area contributed by atoms with E-state index in [1.807, 2.05) is 35.2 Å². The second-order valence-corrected chi connectivity index (χ2v) is 9.24. The van der Waals surface area contributed by atoms with Crippen molar-refractivity contribution in [2.75, 3.05) is 13.1 Å². The van der Waals surface area contributed by atoms with E-state index < -0.39 is 6.04 Å². The maximum absolute atomic E-state index is 13.5. The lowest BCUT2D eigenvalue weighted by Gasteiger charge is -2.47. The van der Waals surface area contributed by atoms with Gasteiger partial charge in [0.2, 0.25) is 11.8 Å². The first-order valence-corrected chi connectivity index (χ1v) is 11.3. The molecule has 0 radical (unpaired) electrons. The first-order chi connectivity index (χ1) is 15.0. The van der Waals surface area contributed by atoms with Crippen LogP contribution in [0.15, 0.2) is 54.6 Å². The zero-order valence-corrected chi connectivity index (χ0v) is 18.2. The molecular weight excluding hydrogens is 386 g/mol. The first-order valence-electron chi connectivity index (χ1n) is 11.3. The summed E-state index contributed by atoms with van der Waals surface area (Å²) < 4.78 is 0. The van der Waals surface area contributed by atoms with Gasteiger partial charge in [-0.05, 0) is 36.0 Å². The van der Waals surface area contributed by atoms with Crippen LogP contribution in [0.4, 0.5) is 0 Å². The van der Waals surface area contributed by atoms with Crippen LogP contribution in [0.25, 0.3) is 10.9 Å². The summed E-state index contributed by atoms with van der Waals surface area (Å²) in [5.41, 5.74) is 4.63. The number of H-pyrrole nitrogens is 1. The summed E-state index contributed by atoms with van der Waals surface area (Å²) in [6, 6.07) is 18.1. The van der Waals surface area contributed by atoms with E-state index in [-0.39, 0.29) is 24.4 Å². The van der Waals surface area contributed by atoms with E-state index in [4.69, 9.17) is 0 Å². The third kappa shape index (κ3) is 3.52. The molecule has 2 aliphatic heterocycles. The average molecular weight is 416 g/mol. The van der Waals surface area contributed by atoms with Crippen LogP contribution in [0.3, 0.4) is 0 Å². The van der Waals surface area contributed by atoms with Crippen LogP contribution in [0.5, 0.6) is 0 Å². The molecule has 0 aliphatic carbocycles. The van der Waals surface area contributed by atoms with E-state index in [2.05, 4.69) is 43.1 Å². The van der Waals surface area contributed by atoms with Crippen LogP contribution < -0.4 is 0 Å². The number of hydrogen-bond donors (Lipinski definition) is 1. The molecule has 0 saturated carbocycles. The first kappa shape index (κ1) is 19.9. The van der Waals surface area contributed by atoms with Crippen LogP contribution >= 0.6 is 0 Å². The van der Waals surface area contributed by atoms with Gasteiger partial charge in [0.25, 0.3) is 0 Å². The standard InChI is InChI=1S/C26H29N3O2/c1-17(2)15-28-16-24(30)29-22(13-12-18-8-4-3-5-9-18)25-20(14-23(29)26(28)31)19-10-6-7-11-21(19)27-25/h3-11,17,22-23,27H,12-16H2,1-2H3/t22-,23-/m0/s1. The van der Waals surface area contributed by atoms with Gasteiger partial charge < -0.3 is 14.8 Å². The SMILES string of the molecule is CC(C)CN1CC(=O)N2[C@@H](Cc3c([nH]c4ccccc34)[C@@H]2CCc2ccccc2)C1=O. The Bertz CT molecular complexity index is 1120. The molecule has 2 amide bonds. The van der Waals surface area contributed by atoms with Gasteiger partial charge in [0.05, 0.1) is 12.6 Å². The minimum atomic E-state index is -0.410. The van der Waals surface area contributed by atoms with E-state index in [9.17, 15) is 9.59 Å². The summed E-state index contributed by atoms with van der Waals surface area (Å²) in [5.74, 6) is 0.492. The molecule has 3 heterocycles. The van der Waals surface area contributed by atoms with Crippen molar-refractivity contribution in [3.05, 3.63) is 71.4 Å². The van der Waals surface area contributed by atoms with Crippen molar-refractivity contribution >= 4 is 22.7 Å². The lowest BCUT2D eigenvalue weighted by molar-refractivity contribution is -0.160. The Labute approximate surface area is 183 Å². The van der Waals surface area contributed by atoms with Crippen LogP contribution in [-0.4, -0.2) is 45.7 Å².